The molecule has 0 N–H and O–H groups in total. The van der Waals surface area contributed by atoms with E-state index < -0.39 is 0 Å². The van der Waals surface area contributed by atoms with Crippen molar-refractivity contribution in [2.24, 2.45) is 57.4 Å². The SMILES string of the molecule is CC(C)C1=NO[C@@H]([C@@H](C)[C@H]2CC[C@H]3[C@@H]4CC(=O)[C@H]5CC=CC[C@]5(C)[C@H]4CC[C@]23C)C1. The summed E-state index contributed by atoms with van der Waals surface area (Å²) in [5, 5.41) is 4.43. The molecule has 1 aliphatic heterocycles. The van der Waals surface area contributed by atoms with Crippen LogP contribution in [0.1, 0.15) is 86.0 Å². The molecule has 0 unspecified atom stereocenters. The molecule has 3 fully saturated rings. The molecule has 0 aromatic rings. The summed E-state index contributed by atoms with van der Waals surface area (Å²) in [5.41, 5.74) is 1.80. The summed E-state index contributed by atoms with van der Waals surface area (Å²) < 4.78 is 0. The van der Waals surface area contributed by atoms with Crippen LogP contribution in [-0.4, -0.2) is 17.6 Å². The summed E-state index contributed by atoms with van der Waals surface area (Å²) in [6.07, 6.45) is 14.1. The van der Waals surface area contributed by atoms with Crippen LogP contribution in [0.15, 0.2) is 17.3 Å². The zero-order valence-corrected chi connectivity index (χ0v) is 19.7. The number of hydrogen-bond donors (Lipinski definition) is 0. The fourth-order valence-electron chi connectivity index (χ4n) is 8.86. The van der Waals surface area contributed by atoms with Crippen molar-refractivity contribution < 1.29 is 9.63 Å². The Kier molecular flexibility index (Phi) is 4.99. The largest absolute Gasteiger partial charge is 0.392 e. The first-order valence-corrected chi connectivity index (χ1v) is 12.7. The second kappa shape index (κ2) is 7.20. The molecule has 4 aliphatic carbocycles. The Morgan fingerprint density at radius 3 is 2.53 bits per heavy atom. The number of ketones is 1. The van der Waals surface area contributed by atoms with Gasteiger partial charge in [-0.2, -0.15) is 0 Å². The summed E-state index contributed by atoms with van der Waals surface area (Å²) in [6, 6.07) is 0. The van der Waals surface area contributed by atoms with E-state index in [1.807, 2.05) is 0 Å². The first kappa shape index (κ1) is 20.8. The first-order valence-electron chi connectivity index (χ1n) is 12.7. The molecule has 0 bridgehead atoms. The van der Waals surface area contributed by atoms with Crippen LogP contribution in [-0.2, 0) is 9.63 Å². The monoisotopic (exact) mass is 411 g/mol. The highest BCUT2D eigenvalue weighted by molar-refractivity contribution is 5.87. The van der Waals surface area contributed by atoms with Crippen LogP contribution in [0.25, 0.3) is 0 Å². The van der Waals surface area contributed by atoms with Gasteiger partial charge in [-0.25, -0.2) is 0 Å². The van der Waals surface area contributed by atoms with Crippen molar-refractivity contribution in [3.8, 4) is 0 Å². The van der Waals surface area contributed by atoms with Crippen molar-refractivity contribution in [1.82, 2.24) is 0 Å². The highest BCUT2D eigenvalue weighted by atomic mass is 16.6. The number of oxime groups is 1. The van der Waals surface area contributed by atoms with Gasteiger partial charge in [0.2, 0.25) is 0 Å². The minimum atomic E-state index is 0.203. The first-order chi connectivity index (χ1) is 14.3. The predicted octanol–water partition coefficient (Wildman–Crippen LogP) is 6.43. The number of carbonyl (C=O) groups is 1. The van der Waals surface area contributed by atoms with Gasteiger partial charge in [0.05, 0.1) is 5.71 Å². The van der Waals surface area contributed by atoms with Gasteiger partial charge in [-0.15, -0.1) is 0 Å². The molecular weight excluding hydrogens is 370 g/mol. The molecule has 0 aromatic carbocycles. The predicted molar refractivity (Wildman–Crippen MR) is 121 cm³/mol. The third kappa shape index (κ3) is 2.89. The van der Waals surface area contributed by atoms with Gasteiger partial charge in [0, 0.05) is 18.8 Å². The highest BCUT2D eigenvalue weighted by Gasteiger charge is 2.62. The average molecular weight is 412 g/mol. The van der Waals surface area contributed by atoms with Gasteiger partial charge in [0.15, 0.2) is 0 Å². The maximum atomic E-state index is 13.2. The molecule has 30 heavy (non-hydrogen) atoms. The van der Waals surface area contributed by atoms with Gasteiger partial charge in [0.1, 0.15) is 11.9 Å². The van der Waals surface area contributed by atoms with Crippen molar-refractivity contribution in [1.29, 1.82) is 0 Å². The van der Waals surface area contributed by atoms with E-state index in [0.29, 0.717) is 40.8 Å². The van der Waals surface area contributed by atoms with Crippen LogP contribution in [0, 0.1) is 52.3 Å². The Labute approximate surface area is 183 Å². The Bertz CT molecular complexity index is 769. The molecule has 166 valence electrons. The maximum Gasteiger partial charge on any atom is 0.137 e. The maximum absolute atomic E-state index is 13.2. The Hall–Kier alpha value is -1.12. The summed E-state index contributed by atoms with van der Waals surface area (Å²) >= 11 is 0. The number of rotatable bonds is 3. The summed E-state index contributed by atoms with van der Waals surface area (Å²) in [7, 11) is 0. The van der Waals surface area contributed by atoms with Crippen LogP contribution in [0.3, 0.4) is 0 Å². The van der Waals surface area contributed by atoms with Crippen LogP contribution in [0.5, 0.6) is 0 Å². The molecule has 0 aromatic heterocycles. The molecule has 5 rings (SSSR count). The number of Topliss-reactive ketones (excluding diaryl/α,β-unsaturated/α-hetero) is 1. The minimum Gasteiger partial charge on any atom is -0.392 e. The summed E-state index contributed by atoms with van der Waals surface area (Å²) in [5.74, 6) is 4.61. The van der Waals surface area contributed by atoms with Gasteiger partial charge in [-0.3, -0.25) is 4.79 Å². The van der Waals surface area contributed by atoms with Crippen LogP contribution in [0.2, 0.25) is 0 Å². The third-order valence-corrected chi connectivity index (χ3v) is 10.7. The van der Waals surface area contributed by atoms with E-state index in [9.17, 15) is 4.79 Å². The van der Waals surface area contributed by atoms with Crippen molar-refractivity contribution >= 4 is 11.5 Å². The lowest BCUT2D eigenvalue weighted by Gasteiger charge is -2.59. The van der Waals surface area contributed by atoms with E-state index in [-0.39, 0.29) is 17.4 Å². The van der Waals surface area contributed by atoms with E-state index in [1.165, 1.54) is 31.4 Å². The van der Waals surface area contributed by atoms with Crippen molar-refractivity contribution in [2.75, 3.05) is 0 Å². The van der Waals surface area contributed by atoms with Crippen LogP contribution < -0.4 is 0 Å². The van der Waals surface area contributed by atoms with E-state index in [4.69, 9.17) is 4.84 Å². The fraction of sp³-hybridized carbons (Fsp3) is 0.852. The van der Waals surface area contributed by atoms with Crippen molar-refractivity contribution in [3.05, 3.63) is 12.2 Å². The molecule has 3 heteroatoms. The van der Waals surface area contributed by atoms with E-state index >= 15 is 0 Å². The average Bonchev–Trinajstić information content (AvgIpc) is 3.32. The molecule has 3 nitrogen and oxygen atoms in total. The van der Waals surface area contributed by atoms with E-state index in [2.05, 4.69) is 51.9 Å². The minimum absolute atomic E-state index is 0.203. The zero-order valence-electron chi connectivity index (χ0n) is 19.7. The smallest absolute Gasteiger partial charge is 0.137 e. The van der Waals surface area contributed by atoms with Gasteiger partial charge in [-0.1, -0.05) is 51.9 Å². The zero-order chi connectivity index (χ0) is 21.3. The molecule has 0 saturated heterocycles. The van der Waals surface area contributed by atoms with E-state index in [0.717, 1.165) is 31.6 Å². The number of nitrogens with zero attached hydrogens (tertiary/aromatic N) is 1. The van der Waals surface area contributed by atoms with E-state index in [1.54, 1.807) is 0 Å². The lowest BCUT2D eigenvalue weighted by atomic mass is 9.45. The number of carbonyl (C=O) groups excluding carboxylic acids is 1. The normalized spacial score (nSPS) is 48.6. The summed E-state index contributed by atoms with van der Waals surface area (Å²) in [6.45, 7) is 11.9. The number of allylic oxidation sites excluding steroid dienone is 2. The van der Waals surface area contributed by atoms with Crippen LogP contribution in [0.4, 0.5) is 0 Å². The molecule has 0 spiro atoms. The molecule has 0 radical (unpaired) electrons. The van der Waals surface area contributed by atoms with Gasteiger partial charge >= 0.3 is 0 Å². The molecule has 9 atom stereocenters. The molecule has 5 aliphatic rings. The van der Waals surface area contributed by atoms with Crippen molar-refractivity contribution in [2.45, 2.75) is 92.1 Å². The quantitative estimate of drug-likeness (QED) is 0.502. The Morgan fingerprint density at radius 2 is 1.80 bits per heavy atom. The molecule has 0 amide bonds. The number of fused-ring (bicyclic) bond motifs is 5. The Morgan fingerprint density at radius 1 is 1.03 bits per heavy atom. The standard InChI is InChI=1S/C27H41NO2/c1-16(2)23-15-25(30-28-23)17(3)19-9-10-20-18-14-24(29)22-8-6-7-12-26(22,4)21(18)11-13-27(19,20)5/h6-7,16-22,25H,8-15H2,1-5H3/t17-,18-,19+,20-,21-,22+,25+,26+,27+/m0/s1. The van der Waals surface area contributed by atoms with Gasteiger partial charge in [-0.05, 0) is 84.9 Å². The van der Waals surface area contributed by atoms with Crippen molar-refractivity contribution in [3.63, 3.8) is 0 Å². The molecule has 1 heterocycles. The van der Waals surface area contributed by atoms with Crippen LogP contribution >= 0.6 is 0 Å². The van der Waals surface area contributed by atoms with Gasteiger partial charge < -0.3 is 4.84 Å². The lowest BCUT2D eigenvalue weighted by molar-refractivity contribution is -0.150. The number of hydrogen-bond acceptors (Lipinski definition) is 3. The topological polar surface area (TPSA) is 38.7 Å². The van der Waals surface area contributed by atoms with Gasteiger partial charge in [0.25, 0.3) is 0 Å². The highest BCUT2D eigenvalue weighted by Crippen LogP contribution is 2.67. The summed E-state index contributed by atoms with van der Waals surface area (Å²) in [4.78, 5) is 19.2. The second-order valence-electron chi connectivity index (χ2n) is 12.2. The molecule has 3 saturated carbocycles. The fourth-order valence-corrected chi connectivity index (χ4v) is 8.86. The Balaban J connectivity index is 1.36. The lowest BCUT2D eigenvalue weighted by Crippen LogP contribution is -2.55. The second-order valence-corrected chi connectivity index (χ2v) is 12.2. The third-order valence-electron chi connectivity index (χ3n) is 10.7. The molecular formula is C27H41NO2.